The zero-order valence-corrected chi connectivity index (χ0v) is 30.5. The Bertz CT molecular complexity index is 1520. The Balaban J connectivity index is 1.77. The van der Waals surface area contributed by atoms with Gasteiger partial charge in [-0.25, -0.2) is 4.79 Å². The lowest BCUT2D eigenvalue weighted by Gasteiger charge is -2.27. The highest BCUT2D eigenvalue weighted by molar-refractivity contribution is 5.96. The Morgan fingerprint density at radius 2 is 1.37 bits per heavy atom. The minimum absolute atomic E-state index is 0.0202. The normalized spacial score (nSPS) is 16.3. The SMILES string of the molecule is CC(C)C[C@@H](NC(=O)[C@@H](Cc1ccccc1)NC(=O)[C@H](N)Cc1ccc(OC(F)(F)F)cc1)C(=O)NC(CC(N)CCN)C(=O)OC(=O)C1CCNCC1. The van der Waals surface area contributed by atoms with Crippen molar-refractivity contribution in [1.29, 1.82) is 0 Å². The second-order valence-electron chi connectivity index (χ2n) is 13.8. The Morgan fingerprint density at radius 3 is 1.96 bits per heavy atom. The number of ether oxygens (including phenoxy) is 2. The number of halogens is 3. The fourth-order valence-electron chi connectivity index (χ4n) is 5.92. The minimum Gasteiger partial charge on any atom is -0.406 e. The molecule has 1 aliphatic rings. The number of nitrogens with two attached hydrogens (primary N) is 3. The number of nitrogens with one attached hydrogen (secondary N) is 4. The first-order valence-corrected chi connectivity index (χ1v) is 18.0. The summed E-state index contributed by atoms with van der Waals surface area (Å²) in [6.45, 7) is 5.08. The van der Waals surface area contributed by atoms with Gasteiger partial charge >= 0.3 is 18.3 Å². The lowest BCUT2D eigenvalue weighted by molar-refractivity contribution is -0.274. The fourth-order valence-corrected chi connectivity index (χ4v) is 5.92. The van der Waals surface area contributed by atoms with Crippen molar-refractivity contribution in [2.75, 3.05) is 19.6 Å². The van der Waals surface area contributed by atoms with Gasteiger partial charge in [-0.1, -0.05) is 56.3 Å². The highest BCUT2D eigenvalue weighted by Crippen LogP contribution is 2.23. The molecule has 2 unspecified atom stereocenters. The predicted octanol–water partition coefficient (Wildman–Crippen LogP) is 1.33. The zero-order valence-electron chi connectivity index (χ0n) is 30.5. The summed E-state index contributed by atoms with van der Waals surface area (Å²) in [5.74, 6) is -4.85. The molecule has 0 bridgehead atoms. The van der Waals surface area contributed by atoms with Crippen LogP contribution in [-0.2, 0) is 41.6 Å². The van der Waals surface area contributed by atoms with Crippen LogP contribution < -0.4 is 43.2 Å². The molecule has 0 radical (unpaired) electrons. The summed E-state index contributed by atoms with van der Waals surface area (Å²) in [4.78, 5) is 67.1. The van der Waals surface area contributed by atoms with Crippen molar-refractivity contribution in [1.82, 2.24) is 21.3 Å². The molecule has 14 nitrogen and oxygen atoms in total. The first-order valence-electron chi connectivity index (χ1n) is 18.0. The molecule has 1 saturated heterocycles. The molecule has 0 aromatic heterocycles. The highest BCUT2D eigenvalue weighted by atomic mass is 19.4. The van der Waals surface area contributed by atoms with Gasteiger partial charge in [0.05, 0.1) is 12.0 Å². The molecule has 10 N–H and O–H groups in total. The number of piperidine rings is 1. The Labute approximate surface area is 312 Å². The third kappa shape index (κ3) is 15.4. The molecule has 298 valence electrons. The van der Waals surface area contributed by atoms with Crippen LogP contribution in [-0.4, -0.2) is 85.9 Å². The Hall–Kier alpha value is -4.58. The van der Waals surface area contributed by atoms with E-state index in [1.54, 1.807) is 30.3 Å². The van der Waals surface area contributed by atoms with Crippen LogP contribution in [0.1, 0.15) is 57.1 Å². The predicted molar refractivity (Wildman–Crippen MR) is 193 cm³/mol. The molecule has 1 heterocycles. The number of alkyl halides is 3. The van der Waals surface area contributed by atoms with Gasteiger partial charge in [0.15, 0.2) is 0 Å². The number of rotatable bonds is 19. The van der Waals surface area contributed by atoms with Gasteiger partial charge in [-0.2, -0.15) is 0 Å². The molecule has 1 aliphatic heterocycles. The van der Waals surface area contributed by atoms with Crippen LogP contribution in [0, 0.1) is 11.8 Å². The fraction of sp³-hybridized carbons (Fsp3) is 0.541. The molecule has 54 heavy (non-hydrogen) atoms. The molecule has 2 aromatic carbocycles. The van der Waals surface area contributed by atoms with Gasteiger partial charge in [-0.3, -0.25) is 19.2 Å². The number of benzene rings is 2. The molecule has 0 saturated carbocycles. The lowest BCUT2D eigenvalue weighted by Crippen LogP contribution is -2.58. The summed E-state index contributed by atoms with van der Waals surface area (Å²) >= 11 is 0. The molecule has 2 aromatic rings. The second kappa shape index (κ2) is 21.3. The maximum absolute atomic E-state index is 13.9. The minimum atomic E-state index is -4.86. The van der Waals surface area contributed by atoms with Crippen LogP contribution in [0.2, 0.25) is 0 Å². The average molecular weight is 764 g/mol. The summed E-state index contributed by atoms with van der Waals surface area (Å²) in [5.41, 5.74) is 19.1. The largest absolute Gasteiger partial charge is 0.573 e. The van der Waals surface area contributed by atoms with E-state index in [2.05, 4.69) is 26.0 Å². The number of hydrogen-bond donors (Lipinski definition) is 7. The molecule has 3 amide bonds. The van der Waals surface area contributed by atoms with Crippen LogP contribution in [0.3, 0.4) is 0 Å². The second-order valence-corrected chi connectivity index (χ2v) is 13.8. The molecule has 17 heteroatoms. The summed E-state index contributed by atoms with van der Waals surface area (Å²) < 4.78 is 46.8. The van der Waals surface area contributed by atoms with E-state index in [1.807, 2.05) is 13.8 Å². The van der Waals surface area contributed by atoms with Crippen molar-refractivity contribution in [3.05, 3.63) is 65.7 Å². The highest BCUT2D eigenvalue weighted by Gasteiger charge is 2.35. The first kappa shape index (κ1) is 43.8. The van der Waals surface area contributed by atoms with E-state index in [-0.39, 0.29) is 38.1 Å². The third-order valence-electron chi connectivity index (χ3n) is 8.76. The summed E-state index contributed by atoms with van der Waals surface area (Å²) in [6, 6.07) is 8.15. The van der Waals surface area contributed by atoms with Gasteiger partial charge in [0.1, 0.15) is 23.9 Å². The van der Waals surface area contributed by atoms with Crippen molar-refractivity contribution in [3.63, 3.8) is 0 Å². The van der Waals surface area contributed by atoms with Gasteiger partial charge in [-0.05, 0) is 87.3 Å². The quantitative estimate of drug-likeness (QED) is 0.0798. The molecular weight excluding hydrogens is 711 g/mol. The number of carbonyl (C=O) groups excluding carboxylic acids is 5. The number of carbonyl (C=O) groups is 5. The van der Waals surface area contributed by atoms with Gasteiger partial charge in [0.25, 0.3) is 0 Å². The molecule has 3 rings (SSSR count). The van der Waals surface area contributed by atoms with Crippen LogP contribution in [0.15, 0.2) is 54.6 Å². The van der Waals surface area contributed by atoms with E-state index in [4.69, 9.17) is 21.9 Å². The van der Waals surface area contributed by atoms with Crippen molar-refractivity contribution in [2.24, 2.45) is 29.0 Å². The third-order valence-corrected chi connectivity index (χ3v) is 8.76. The van der Waals surface area contributed by atoms with Gasteiger partial charge in [-0.15, -0.1) is 13.2 Å². The number of esters is 2. The summed E-state index contributed by atoms with van der Waals surface area (Å²) in [7, 11) is 0. The molecule has 0 aliphatic carbocycles. The van der Waals surface area contributed by atoms with Crippen LogP contribution in [0.25, 0.3) is 0 Å². The van der Waals surface area contributed by atoms with E-state index >= 15 is 0 Å². The monoisotopic (exact) mass is 763 g/mol. The van der Waals surface area contributed by atoms with E-state index in [1.165, 1.54) is 12.1 Å². The lowest BCUT2D eigenvalue weighted by atomic mass is 9.98. The number of amides is 3. The average Bonchev–Trinajstić information content (AvgIpc) is 3.11. The van der Waals surface area contributed by atoms with E-state index in [0.29, 0.717) is 43.5 Å². The van der Waals surface area contributed by atoms with Gasteiger partial charge in [0.2, 0.25) is 17.7 Å². The van der Waals surface area contributed by atoms with Gasteiger partial charge in [0, 0.05) is 12.5 Å². The van der Waals surface area contributed by atoms with Gasteiger partial charge < -0.3 is 47.9 Å². The van der Waals surface area contributed by atoms with E-state index < -0.39 is 77.9 Å². The molecule has 1 fully saturated rings. The maximum Gasteiger partial charge on any atom is 0.573 e. The Morgan fingerprint density at radius 1 is 0.796 bits per heavy atom. The van der Waals surface area contributed by atoms with Crippen LogP contribution in [0.4, 0.5) is 13.2 Å². The number of hydrogen-bond acceptors (Lipinski definition) is 11. The Kier molecular flexibility index (Phi) is 17.3. The van der Waals surface area contributed by atoms with Crippen molar-refractivity contribution in [2.45, 2.75) is 95.4 Å². The zero-order chi connectivity index (χ0) is 39.8. The smallest absolute Gasteiger partial charge is 0.406 e. The summed E-state index contributed by atoms with van der Waals surface area (Å²) in [5, 5.41) is 11.1. The van der Waals surface area contributed by atoms with Crippen LogP contribution in [0.5, 0.6) is 5.75 Å². The molecular formula is C37H52F3N7O7. The van der Waals surface area contributed by atoms with Crippen molar-refractivity contribution >= 4 is 29.7 Å². The first-order chi connectivity index (χ1) is 25.5. The van der Waals surface area contributed by atoms with E-state index in [0.717, 1.165) is 12.1 Å². The van der Waals surface area contributed by atoms with E-state index in [9.17, 15) is 37.1 Å². The maximum atomic E-state index is 13.9. The van der Waals surface area contributed by atoms with Crippen molar-refractivity contribution in [3.8, 4) is 5.75 Å². The van der Waals surface area contributed by atoms with Crippen molar-refractivity contribution < 1.29 is 46.6 Å². The molecule has 0 spiro atoms. The summed E-state index contributed by atoms with van der Waals surface area (Å²) in [6.07, 6.45) is -3.52. The topological polar surface area (TPSA) is 230 Å². The molecule has 5 atom stereocenters. The standard InChI is InChI=1S/C37H52F3N7O7/c1-22(2)18-29(33(49)47-31(21-26(42)12-15-41)36(52)53-35(51)25-13-16-44-17-14-25)46-34(50)30(20-23-6-4-3-5-7-23)45-32(48)28(43)19-24-8-10-27(11-9-24)54-37(38,39)40/h3-11,22,25-26,28-31,44H,12-21,41-43H2,1-2H3,(H,45,48)(H,46,50)(H,47,49)/t26?,28-,29-,30-,31?/m1/s1. The van der Waals surface area contributed by atoms with Crippen LogP contribution >= 0.6 is 0 Å².